The van der Waals surface area contributed by atoms with E-state index in [4.69, 9.17) is 11.5 Å². The third-order valence-electron chi connectivity index (χ3n) is 3.10. The van der Waals surface area contributed by atoms with Crippen molar-refractivity contribution in [1.29, 1.82) is 0 Å². The zero-order valence-corrected chi connectivity index (χ0v) is 6.98. The van der Waals surface area contributed by atoms with Crippen molar-refractivity contribution in [3.63, 3.8) is 0 Å². The molecule has 0 heterocycles. The molecule has 1 rings (SSSR count). The van der Waals surface area contributed by atoms with Crippen LogP contribution in [-0.4, -0.2) is 5.66 Å². The minimum Gasteiger partial charge on any atom is -0.313 e. The Kier molecular flexibility index (Phi) is 1.77. The highest BCUT2D eigenvalue weighted by Crippen LogP contribution is 2.54. The molecule has 0 amide bonds. The predicted molar refractivity (Wildman–Crippen MR) is 43.4 cm³/mol. The first kappa shape index (κ1) is 8.02. The van der Waals surface area contributed by atoms with Crippen molar-refractivity contribution in [2.45, 2.75) is 45.2 Å². The van der Waals surface area contributed by atoms with Crippen molar-refractivity contribution in [2.24, 2.45) is 16.9 Å². The molecule has 0 atom stereocenters. The normalized spacial score (nSPS) is 22.8. The smallest absolute Gasteiger partial charge is 0.0691 e. The lowest BCUT2D eigenvalue weighted by Crippen LogP contribution is -2.56. The second-order valence-corrected chi connectivity index (χ2v) is 3.53. The average molecular weight is 142 g/mol. The van der Waals surface area contributed by atoms with Crippen LogP contribution in [-0.2, 0) is 0 Å². The summed E-state index contributed by atoms with van der Waals surface area (Å²) in [5.41, 5.74) is 11.8. The van der Waals surface area contributed by atoms with E-state index >= 15 is 0 Å². The van der Waals surface area contributed by atoms with Crippen LogP contribution in [0.1, 0.15) is 39.5 Å². The summed E-state index contributed by atoms with van der Waals surface area (Å²) in [4.78, 5) is 0. The zero-order chi connectivity index (χ0) is 7.83. The number of hydrogen-bond donors (Lipinski definition) is 2. The average Bonchev–Trinajstić information content (AvgIpc) is 2.67. The Morgan fingerprint density at radius 2 is 1.80 bits per heavy atom. The van der Waals surface area contributed by atoms with Gasteiger partial charge in [0.1, 0.15) is 0 Å². The second-order valence-electron chi connectivity index (χ2n) is 3.53. The molecular weight excluding hydrogens is 124 g/mol. The van der Waals surface area contributed by atoms with Crippen LogP contribution in [0.25, 0.3) is 0 Å². The van der Waals surface area contributed by atoms with Crippen molar-refractivity contribution in [1.82, 2.24) is 0 Å². The van der Waals surface area contributed by atoms with E-state index in [1.54, 1.807) is 0 Å². The third-order valence-corrected chi connectivity index (χ3v) is 3.10. The van der Waals surface area contributed by atoms with Crippen LogP contribution in [0, 0.1) is 5.41 Å². The Bertz CT molecular complexity index is 121. The monoisotopic (exact) mass is 142 g/mol. The molecule has 0 aromatic carbocycles. The summed E-state index contributed by atoms with van der Waals surface area (Å²) >= 11 is 0. The van der Waals surface area contributed by atoms with Gasteiger partial charge in [-0.2, -0.15) is 0 Å². The molecule has 1 aliphatic rings. The Morgan fingerprint density at radius 3 is 1.90 bits per heavy atom. The summed E-state index contributed by atoms with van der Waals surface area (Å²) in [5.74, 6) is 0. The lowest BCUT2D eigenvalue weighted by atomic mass is 9.86. The first-order chi connectivity index (χ1) is 4.58. The van der Waals surface area contributed by atoms with Crippen LogP contribution in [0.2, 0.25) is 0 Å². The van der Waals surface area contributed by atoms with E-state index in [0.29, 0.717) is 5.41 Å². The molecule has 0 unspecified atom stereocenters. The summed E-state index contributed by atoms with van der Waals surface area (Å²) in [6.07, 6.45) is 4.48. The highest BCUT2D eigenvalue weighted by Gasteiger charge is 2.52. The maximum atomic E-state index is 5.94. The Labute approximate surface area is 63.0 Å². The van der Waals surface area contributed by atoms with Gasteiger partial charge < -0.3 is 11.5 Å². The van der Waals surface area contributed by atoms with Gasteiger partial charge in [0.25, 0.3) is 0 Å². The molecule has 0 bridgehead atoms. The van der Waals surface area contributed by atoms with Gasteiger partial charge in [-0.25, -0.2) is 0 Å². The molecule has 1 saturated carbocycles. The molecule has 4 N–H and O–H groups in total. The van der Waals surface area contributed by atoms with Gasteiger partial charge >= 0.3 is 0 Å². The molecule has 0 aliphatic heterocycles. The zero-order valence-electron chi connectivity index (χ0n) is 6.98. The maximum Gasteiger partial charge on any atom is 0.0691 e. The largest absolute Gasteiger partial charge is 0.313 e. The fraction of sp³-hybridized carbons (Fsp3) is 1.00. The molecule has 0 spiro atoms. The van der Waals surface area contributed by atoms with Crippen LogP contribution in [0.4, 0.5) is 0 Å². The first-order valence-electron chi connectivity index (χ1n) is 4.16. The lowest BCUT2D eigenvalue weighted by molar-refractivity contribution is 0.236. The molecule has 1 fully saturated rings. The molecule has 60 valence electrons. The second kappa shape index (κ2) is 2.21. The predicted octanol–water partition coefficient (Wildman–Crippen LogP) is 1.20. The lowest BCUT2D eigenvalue weighted by Gasteiger charge is -2.32. The summed E-state index contributed by atoms with van der Waals surface area (Å²) in [6, 6.07) is 0. The van der Waals surface area contributed by atoms with E-state index < -0.39 is 5.66 Å². The van der Waals surface area contributed by atoms with Crippen molar-refractivity contribution in [3.05, 3.63) is 0 Å². The van der Waals surface area contributed by atoms with Gasteiger partial charge in [0.15, 0.2) is 0 Å². The van der Waals surface area contributed by atoms with Crippen LogP contribution in [0.3, 0.4) is 0 Å². The fourth-order valence-corrected chi connectivity index (χ4v) is 1.67. The van der Waals surface area contributed by atoms with Crippen LogP contribution in [0.15, 0.2) is 0 Å². The first-order valence-corrected chi connectivity index (χ1v) is 4.16. The quantitative estimate of drug-likeness (QED) is 0.582. The highest BCUT2D eigenvalue weighted by atomic mass is 15.0. The third kappa shape index (κ3) is 0.956. The Balaban J connectivity index is 2.62. The Morgan fingerprint density at radius 1 is 1.30 bits per heavy atom. The van der Waals surface area contributed by atoms with E-state index in [-0.39, 0.29) is 0 Å². The summed E-state index contributed by atoms with van der Waals surface area (Å²) in [5, 5.41) is 0. The van der Waals surface area contributed by atoms with Crippen molar-refractivity contribution < 1.29 is 0 Å². The molecule has 0 radical (unpaired) electrons. The van der Waals surface area contributed by atoms with E-state index in [2.05, 4.69) is 13.8 Å². The summed E-state index contributed by atoms with van der Waals surface area (Å²) < 4.78 is 0. The topological polar surface area (TPSA) is 52.0 Å². The molecule has 10 heavy (non-hydrogen) atoms. The molecule has 0 aromatic heterocycles. The maximum absolute atomic E-state index is 5.94. The Hall–Kier alpha value is -0.0800. The van der Waals surface area contributed by atoms with Crippen molar-refractivity contribution >= 4 is 0 Å². The molecule has 2 nitrogen and oxygen atoms in total. The van der Waals surface area contributed by atoms with Crippen LogP contribution >= 0.6 is 0 Å². The van der Waals surface area contributed by atoms with Crippen molar-refractivity contribution in [3.8, 4) is 0 Å². The van der Waals surface area contributed by atoms with E-state index in [1.165, 1.54) is 12.8 Å². The fourth-order valence-electron chi connectivity index (χ4n) is 1.67. The van der Waals surface area contributed by atoms with Gasteiger partial charge in [0, 0.05) is 5.41 Å². The summed E-state index contributed by atoms with van der Waals surface area (Å²) in [7, 11) is 0. The molecule has 1 aliphatic carbocycles. The van der Waals surface area contributed by atoms with Gasteiger partial charge in [-0.3, -0.25) is 0 Å². The molecule has 2 heteroatoms. The van der Waals surface area contributed by atoms with Crippen LogP contribution < -0.4 is 11.5 Å². The minimum absolute atomic E-state index is 0.293. The van der Waals surface area contributed by atoms with Gasteiger partial charge in [-0.05, 0) is 25.7 Å². The van der Waals surface area contributed by atoms with Crippen LogP contribution in [0.5, 0.6) is 0 Å². The minimum atomic E-state index is -0.401. The molecular formula is C8H18N2. The molecule has 0 aromatic rings. The SMILES string of the molecule is CCC(N)(N)C1(CC)CC1. The van der Waals surface area contributed by atoms with E-state index in [9.17, 15) is 0 Å². The number of hydrogen-bond acceptors (Lipinski definition) is 2. The standard InChI is InChI=1S/C8H18N2/c1-3-7(5-6-7)8(9,10)4-2/h3-6,9-10H2,1-2H3. The van der Waals surface area contributed by atoms with E-state index in [0.717, 1.165) is 12.8 Å². The van der Waals surface area contributed by atoms with E-state index in [1.807, 2.05) is 0 Å². The van der Waals surface area contributed by atoms with Gasteiger partial charge in [-0.1, -0.05) is 13.8 Å². The summed E-state index contributed by atoms with van der Waals surface area (Å²) in [6.45, 7) is 4.24. The number of nitrogens with two attached hydrogens (primary N) is 2. The van der Waals surface area contributed by atoms with Gasteiger partial charge in [-0.15, -0.1) is 0 Å². The number of rotatable bonds is 3. The highest BCUT2D eigenvalue weighted by molar-refractivity contribution is 5.06. The van der Waals surface area contributed by atoms with Gasteiger partial charge in [0.2, 0.25) is 0 Å². The van der Waals surface area contributed by atoms with Crippen molar-refractivity contribution in [2.75, 3.05) is 0 Å². The van der Waals surface area contributed by atoms with Gasteiger partial charge in [0.05, 0.1) is 5.66 Å². The molecule has 0 saturated heterocycles.